The molecule has 0 fully saturated rings. The Morgan fingerprint density at radius 2 is 1.68 bits per heavy atom. The van der Waals surface area contributed by atoms with Crippen molar-refractivity contribution in [1.82, 2.24) is 10.2 Å². The zero-order valence-electron chi connectivity index (χ0n) is 14.0. The van der Waals surface area contributed by atoms with Crippen LogP contribution in [0.5, 0.6) is 0 Å². The van der Waals surface area contributed by atoms with Gasteiger partial charge in [0.2, 0.25) is 0 Å². The zero-order valence-corrected chi connectivity index (χ0v) is 15.5. The SMILES string of the molecule is CN(C1=NCCN1)C1CC2c3c(Cl)cccc3C1c1cccc(Cl)c12. The molecule has 25 heavy (non-hydrogen) atoms. The Labute approximate surface area is 157 Å². The van der Waals surface area contributed by atoms with Gasteiger partial charge in [0.15, 0.2) is 5.96 Å². The zero-order chi connectivity index (χ0) is 17.1. The maximum atomic E-state index is 6.62. The summed E-state index contributed by atoms with van der Waals surface area (Å²) in [6.07, 6.45) is 1.01. The van der Waals surface area contributed by atoms with Crippen LogP contribution in [-0.4, -0.2) is 37.0 Å². The summed E-state index contributed by atoms with van der Waals surface area (Å²) in [6.45, 7) is 1.77. The second kappa shape index (κ2) is 5.65. The Kier molecular flexibility index (Phi) is 3.51. The van der Waals surface area contributed by atoms with Crippen LogP contribution in [0, 0.1) is 0 Å². The minimum Gasteiger partial charge on any atom is -0.354 e. The van der Waals surface area contributed by atoms with Crippen molar-refractivity contribution in [1.29, 1.82) is 0 Å². The van der Waals surface area contributed by atoms with Gasteiger partial charge in [-0.05, 0) is 40.8 Å². The topological polar surface area (TPSA) is 27.6 Å². The predicted octanol–water partition coefficient (Wildman–Crippen LogP) is 4.23. The predicted molar refractivity (Wildman–Crippen MR) is 103 cm³/mol. The maximum Gasteiger partial charge on any atom is 0.194 e. The number of nitrogens with zero attached hydrogens (tertiary/aromatic N) is 2. The third kappa shape index (κ3) is 2.15. The van der Waals surface area contributed by atoms with Crippen LogP contribution in [0.4, 0.5) is 0 Å². The van der Waals surface area contributed by atoms with Crippen LogP contribution in [0.2, 0.25) is 10.0 Å². The Morgan fingerprint density at radius 1 is 1.04 bits per heavy atom. The minimum absolute atomic E-state index is 0.242. The molecule has 128 valence electrons. The van der Waals surface area contributed by atoms with Gasteiger partial charge in [-0.25, -0.2) is 0 Å². The summed E-state index contributed by atoms with van der Waals surface area (Å²) in [5, 5.41) is 5.12. The molecule has 1 N–H and O–H groups in total. The van der Waals surface area contributed by atoms with E-state index in [2.05, 4.69) is 46.5 Å². The van der Waals surface area contributed by atoms with E-state index in [9.17, 15) is 0 Å². The van der Waals surface area contributed by atoms with Crippen LogP contribution in [-0.2, 0) is 0 Å². The molecule has 0 radical (unpaired) electrons. The fourth-order valence-electron chi connectivity index (χ4n) is 4.89. The molecule has 6 rings (SSSR count). The van der Waals surface area contributed by atoms with Crippen molar-refractivity contribution < 1.29 is 0 Å². The summed E-state index contributed by atoms with van der Waals surface area (Å²) in [4.78, 5) is 6.94. The van der Waals surface area contributed by atoms with E-state index in [4.69, 9.17) is 23.2 Å². The Morgan fingerprint density at radius 3 is 2.24 bits per heavy atom. The minimum atomic E-state index is 0.242. The molecule has 4 aliphatic rings. The molecule has 2 bridgehead atoms. The maximum absolute atomic E-state index is 6.62. The molecule has 1 atom stereocenters. The summed E-state index contributed by atoms with van der Waals surface area (Å²) < 4.78 is 0. The summed E-state index contributed by atoms with van der Waals surface area (Å²) in [7, 11) is 2.15. The number of hydrogen-bond donors (Lipinski definition) is 1. The molecule has 5 heteroatoms. The highest BCUT2D eigenvalue weighted by Crippen LogP contribution is 2.57. The number of likely N-dealkylation sites (N-methyl/N-ethyl adjacent to an activating group) is 1. The van der Waals surface area contributed by atoms with E-state index in [1.807, 2.05) is 12.1 Å². The van der Waals surface area contributed by atoms with E-state index in [1.165, 1.54) is 22.3 Å². The number of nitrogens with one attached hydrogen (secondary N) is 1. The molecule has 1 heterocycles. The van der Waals surface area contributed by atoms with Gasteiger partial charge in [0, 0.05) is 41.5 Å². The lowest BCUT2D eigenvalue weighted by Crippen LogP contribution is -2.50. The molecule has 0 aromatic heterocycles. The normalized spacial score (nSPS) is 25.9. The fraction of sp³-hybridized carbons (Fsp3) is 0.350. The van der Waals surface area contributed by atoms with Crippen LogP contribution >= 0.6 is 23.2 Å². The first-order valence-corrected chi connectivity index (χ1v) is 9.50. The number of fused-ring (bicyclic) bond motifs is 1. The standard InChI is InChI=1S/C20H19Cl2N3/c1-25(20-23-8-9-24-20)16-10-13-17-11(4-2-6-14(17)21)19(16)12-5-3-7-15(22)18(12)13/h2-7,13,16,19H,8-10H2,1H3,(H,23,24). The van der Waals surface area contributed by atoms with Crippen LogP contribution in [0.25, 0.3) is 0 Å². The first-order chi connectivity index (χ1) is 12.2. The van der Waals surface area contributed by atoms with Gasteiger partial charge in [-0.15, -0.1) is 0 Å². The average Bonchev–Trinajstić information content (AvgIpc) is 3.16. The first-order valence-electron chi connectivity index (χ1n) is 8.74. The van der Waals surface area contributed by atoms with E-state index < -0.39 is 0 Å². The molecule has 0 saturated heterocycles. The van der Waals surface area contributed by atoms with E-state index in [-0.39, 0.29) is 11.8 Å². The highest BCUT2D eigenvalue weighted by Gasteiger charge is 2.47. The highest BCUT2D eigenvalue weighted by atomic mass is 35.5. The molecule has 0 saturated carbocycles. The van der Waals surface area contributed by atoms with Crippen molar-refractivity contribution in [3.8, 4) is 0 Å². The summed E-state index contributed by atoms with van der Waals surface area (Å²) >= 11 is 13.2. The van der Waals surface area contributed by atoms with Gasteiger partial charge in [-0.3, -0.25) is 4.99 Å². The van der Waals surface area contributed by atoms with Crippen LogP contribution < -0.4 is 5.32 Å². The van der Waals surface area contributed by atoms with Crippen molar-refractivity contribution in [3.63, 3.8) is 0 Å². The third-order valence-corrected chi connectivity index (χ3v) is 6.55. The number of rotatable bonds is 1. The van der Waals surface area contributed by atoms with Gasteiger partial charge in [-0.2, -0.15) is 0 Å². The van der Waals surface area contributed by atoms with Crippen molar-refractivity contribution in [2.45, 2.75) is 24.3 Å². The van der Waals surface area contributed by atoms with Crippen LogP contribution in [0.15, 0.2) is 41.4 Å². The molecular formula is C20H19Cl2N3. The van der Waals surface area contributed by atoms with E-state index in [0.717, 1.165) is 35.5 Å². The molecule has 0 amide bonds. The Balaban J connectivity index is 1.70. The van der Waals surface area contributed by atoms with Crippen molar-refractivity contribution in [3.05, 3.63) is 68.7 Å². The molecular weight excluding hydrogens is 353 g/mol. The summed E-state index contributed by atoms with van der Waals surface area (Å²) in [5.41, 5.74) is 5.21. The smallest absolute Gasteiger partial charge is 0.194 e. The molecule has 1 aliphatic heterocycles. The van der Waals surface area contributed by atoms with Gasteiger partial charge in [-0.1, -0.05) is 47.5 Å². The van der Waals surface area contributed by atoms with Crippen molar-refractivity contribution in [2.24, 2.45) is 4.99 Å². The molecule has 0 spiro atoms. The number of hydrogen-bond acceptors (Lipinski definition) is 3. The van der Waals surface area contributed by atoms with Gasteiger partial charge in [0.1, 0.15) is 0 Å². The third-order valence-electron chi connectivity index (χ3n) is 5.89. The summed E-state index contributed by atoms with van der Waals surface area (Å²) in [5.74, 6) is 1.51. The lowest BCUT2D eigenvalue weighted by atomic mass is 9.61. The lowest BCUT2D eigenvalue weighted by molar-refractivity contribution is 0.269. The van der Waals surface area contributed by atoms with E-state index in [0.29, 0.717) is 6.04 Å². The fourth-order valence-corrected chi connectivity index (χ4v) is 5.51. The largest absolute Gasteiger partial charge is 0.354 e. The highest BCUT2D eigenvalue weighted by molar-refractivity contribution is 6.32. The van der Waals surface area contributed by atoms with Crippen molar-refractivity contribution in [2.75, 3.05) is 20.1 Å². The number of guanidine groups is 1. The van der Waals surface area contributed by atoms with Gasteiger partial charge < -0.3 is 10.2 Å². The van der Waals surface area contributed by atoms with Crippen LogP contribution in [0.3, 0.4) is 0 Å². The number of aliphatic imine (C=N–C) groups is 1. The summed E-state index contributed by atoms with van der Waals surface area (Å²) in [6, 6.07) is 12.9. The second-order valence-corrected chi connectivity index (χ2v) is 7.88. The average molecular weight is 372 g/mol. The number of halogens is 2. The van der Waals surface area contributed by atoms with E-state index in [1.54, 1.807) is 0 Å². The van der Waals surface area contributed by atoms with Gasteiger partial charge in [0.25, 0.3) is 0 Å². The molecule has 2 aromatic rings. The first kappa shape index (κ1) is 15.5. The molecule has 3 nitrogen and oxygen atoms in total. The van der Waals surface area contributed by atoms with Crippen molar-refractivity contribution >= 4 is 29.2 Å². The molecule has 3 aliphatic carbocycles. The molecule has 1 unspecified atom stereocenters. The van der Waals surface area contributed by atoms with Gasteiger partial charge in [0.05, 0.1) is 6.54 Å². The quantitative estimate of drug-likeness (QED) is 0.811. The van der Waals surface area contributed by atoms with E-state index >= 15 is 0 Å². The Hall–Kier alpha value is -1.71. The Bertz CT molecular complexity index is 839. The second-order valence-electron chi connectivity index (χ2n) is 7.06. The van der Waals surface area contributed by atoms with Crippen LogP contribution in [0.1, 0.15) is 40.5 Å². The monoisotopic (exact) mass is 371 g/mol. The lowest BCUT2D eigenvalue weighted by Gasteiger charge is -2.49. The number of benzene rings is 2. The molecule has 2 aromatic carbocycles. The van der Waals surface area contributed by atoms with Gasteiger partial charge >= 0.3 is 0 Å².